The zero-order valence-electron chi connectivity index (χ0n) is 15.0. The first kappa shape index (κ1) is 16.8. The van der Waals surface area contributed by atoms with Crippen LogP contribution in [0.4, 0.5) is 0 Å². The van der Waals surface area contributed by atoms with Crippen LogP contribution in [-0.2, 0) is 0 Å². The standard InChI is InChI=1S/C19H23N5O2/c1-12(2)24-18-15(11-21-24)14(9-16(23-18)17-6-4-8-26-17)19(25)22-13-5-3-7-20-10-13/h4,6,8-9,11-13,20H,3,5,7,10H2,1-2H3,(H,22,25)/t13-/m0/s1. The van der Waals surface area contributed by atoms with Gasteiger partial charge < -0.3 is 15.1 Å². The molecule has 1 aliphatic heterocycles. The Bertz CT molecular complexity index is 908. The van der Waals surface area contributed by atoms with Gasteiger partial charge in [-0.25, -0.2) is 9.67 Å². The van der Waals surface area contributed by atoms with Crippen molar-refractivity contribution in [2.45, 2.75) is 38.8 Å². The zero-order valence-corrected chi connectivity index (χ0v) is 15.0. The van der Waals surface area contributed by atoms with E-state index in [1.165, 1.54) is 0 Å². The zero-order chi connectivity index (χ0) is 18.1. The van der Waals surface area contributed by atoms with Crippen LogP contribution in [0.15, 0.2) is 35.1 Å². The molecule has 0 radical (unpaired) electrons. The Hall–Kier alpha value is -2.67. The van der Waals surface area contributed by atoms with E-state index in [4.69, 9.17) is 9.40 Å². The predicted molar refractivity (Wildman–Crippen MR) is 99.0 cm³/mol. The number of piperidine rings is 1. The van der Waals surface area contributed by atoms with Crippen molar-refractivity contribution in [3.63, 3.8) is 0 Å². The molecule has 7 heteroatoms. The highest BCUT2D eigenvalue weighted by Crippen LogP contribution is 2.26. The number of fused-ring (bicyclic) bond motifs is 1. The van der Waals surface area contributed by atoms with Crippen molar-refractivity contribution in [2.24, 2.45) is 0 Å². The van der Waals surface area contributed by atoms with Gasteiger partial charge in [0.25, 0.3) is 5.91 Å². The number of furan rings is 1. The van der Waals surface area contributed by atoms with E-state index in [-0.39, 0.29) is 18.0 Å². The van der Waals surface area contributed by atoms with Gasteiger partial charge in [-0.05, 0) is 51.4 Å². The number of hydrogen-bond donors (Lipinski definition) is 2. The van der Waals surface area contributed by atoms with E-state index >= 15 is 0 Å². The van der Waals surface area contributed by atoms with Crippen molar-refractivity contribution in [1.82, 2.24) is 25.4 Å². The summed E-state index contributed by atoms with van der Waals surface area (Å²) < 4.78 is 7.33. The van der Waals surface area contributed by atoms with Crippen molar-refractivity contribution in [1.29, 1.82) is 0 Å². The van der Waals surface area contributed by atoms with E-state index in [1.54, 1.807) is 18.5 Å². The highest BCUT2D eigenvalue weighted by Gasteiger charge is 2.22. The van der Waals surface area contributed by atoms with Gasteiger partial charge in [-0.1, -0.05) is 0 Å². The van der Waals surface area contributed by atoms with Crippen LogP contribution in [0.2, 0.25) is 0 Å². The van der Waals surface area contributed by atoms with E-state index < -0.39 is 0 Å². The number of hydrogen-bond acceptors (Lipinski definition) is 5. The van der Waals surface area contributed by atoms with Crippen molar-refractivity contribution in [3.05, 3.63) is 36.2 Å². The molecule has 1 aliphatic rings. The summed E-state index contributed by atoms with van der Waals surface area (Å²) in [5.74, 6) is 0.541. The summed E-state index contributed by atoms with van der Waals surface area (Å²) in [6, 6.07) is 5.74. The quantitative estimate of drug-likeness (QED) is 0.753. The van der Waals surface area contributed by atoms with Gasteiger partial charge in [-0.3, -0.25) is 4.79 Å². The Morgan fingerprint density at radius 2 is 2.35 bits per heavy atom. The summed E-state index contributed by atoms with van der Waals surface area (Å²) in [5.41, 5.74) is 1.91. The molecule has 3 aromatic rings. The summed E-state index contributed by atoms with van der Waals surface area (Å²) in [7, 11) is 0. The van der Waals surface area contributed by atoms with Gasteiger partial charge in [0.15, 0.2) is 11.4 Å². The maximum atomic E-state index is 13.0. The number of rotatable bonds is 4. The Labute approximate surface area is 151 Å². The van der Waals surface area contributed by atoms with Crippen LogP contribution in [0, 0.1) is 0 Å². The fourth-order valence-electron chi connectivity index (χ4n) is 3.37. The van der Waals surface area contributed by atoms with Crippen LogP contribution < -0.4 is 10.6 Å². The molecule has 0 saturated carbocycles. The second-order valence-corrected chi connectivity index (χ2v) is 6.97. The van der Waals surface area contributed by atoms with Gasteiger partial charge in [-0.2, -0.15) is 5.10 Å². The van der Waals surface area contributed by atoms with E-state index in [0.29, 0.717) is 22.7 Å². The lowest BCUT2D eigenvalue weighted by Gasteiger charge is -2.24. The van der Waals surface area contributed by atoms with Crippen LogP contribution >= 0.6 is 0 Å². The minimum atomic E-state index is -0.0952. The topological polar surface area (TPSA) is 85.0 Å². The molecule has 1 fully saturated rings. The minimum absolute atomic E-state index is 0.0952. The van der Waals surface area contributed by atoms with Gasteiger partial charge in [-0.15, -0.1) is 0 Å². The van der Waals surface area contributed by atoms with Gasteiger partial charge in [0.2, 0.25) is 0 Å². The fraction of sp³-hybridized carbons (Fsp3) is 0.421. The molecule has 7 nitrogen and oxygen atoms in total. The number of carbonyl (C=O) groups excluding carboxylic acids is 1. The number of amides is 1. The van der Waals surface area contributed by atoms with E-state index in [1.807, 2.05) is 30.7 Å². The fourth-order valence-corrected chi connectivity index (χ4v) is 3.37. The molecule has 0 aliphatic carbocycles. The van der Waals surface area contributed by atoms with Crippen LogP contribution in [0.5, 0.6) is 0 Å². The van der Waals surface area contributed by atoms with Crippen molar-refractivity contribution >= 4 is 16.9 Å². The van der Waals surface area contributed by atoms with E-state index in [2.05, 4.69) is 15.7 Å². The lowest BCUT2D eigenvalue weighted by Crippen LogP contribution is -2.45. The summed E-state index contributed by atoms with van der Waals surface area (Å²) in [6.45, 7) is 5.90. The Kier molecular flexibility index (Phi) is 4.46. The third kappa shape index (κ3) is 3.10. The smallest absolute Gasteiger partial charge is 0.252 e. The van der Waals surface area contributed by atoms with Crippen molar-refractivity contribution < 1.29 is 9.21 Å². The van der Waals surface area contributed by atoms with Gasteiger partial charge >= 0.3 is 0 Å². The molecule has 136 valence electrons. The number of aromatic nitrogens is 3. The molecule has 0 bridgehead atoms. The highest BCUT2D eigenvalue weighted by atomic mass is 16.3. The Balaban J connectivity index is 1.77. The van der Waals surface area contributed by atoms with Gasteiger partial charge in [0.05, 0.1) is 23.4 Å². The molecule has 1 atom stereocenters. The van der Waals surface area contributed by atoms with Gasteiger partial charge in [0.1, 0.15) is 5.69 Å². The molecule has 2 N–H and O–H groups in total. The SMILES string of the molecule is CC(C)n1ncc2c(C(=O)N[C@H]3CCCNC3)cc(-c3ccco3)nc21. The predicted octanol–water partition coefficient (Wildman–Crippen LogP) is 2.75. The number of pyridine rings is 1. The first-order valence-corrected chi connectivity index (χ1v) is 9.07. The molecular formula is C19H23N5O2. The highest BCUT2D eigenvalue weighted by molar-refractivity contribution is 6.06. The molecule has 0 aromatic carbocycles. The number of nitrogens with one attached hydrogen (secondary N) is 2. The molecule has 4 rings (SSSR count). The molecule has 26 heavy (non-hydrogen) atoms. The maximum absolute atomic E-state index is 13.0. The molecule has 3 aromatic heterocycles. The first-order valence-electron chi connectivity index (χ1n) is 9.07. The monoisotopic (exact) mass is 353 g/mol. The molecule has 1 saturated heterocycles. The lowest BCUT2D eigenvalue weighted by molar-refractivity contribution is 0.0932. The van der Waals surface area contributed by atoms with Crippen LogP contribution in [0.1, 0.15) is 43.1 Å². The molecule has 1 amide bonds. The third-order valence-corrected chi connectivity index (χ3v) is 4.71. The van der Waals surface area contributed by atoms with E-state index in [0.717, 1.165) is 31.3 Å². The van der Waals surface area contributed by atoms with Crippen molar-refractivity contribution in [3.8, 4) is 11.5 Å². The second kappa shape index (κ2) is 6.92. The maximum Gasteiger partial charge on any atom is 0.252 e. The minimum Gasteiger partial charge on any atom is -0.463 e. The summed E-state index contributed by atoms with van der Waals surface area (Å²) >= 11 is 0. The average Bonchev–Trinajstić information content (AvgIpc) is 3.31. The normalized spacial score (nSPS) is 17.7. The van der Waals surface area contributed by atoms with Crippen molar-refractivity contribution in [2.75, 3.05) is 13.1 Å². The summed E-state index contributed by atoms with van der Waals surface area (Å²) in [4.78, 5) is 17.7. The lowest BCUT2D eigenvalue weighted by atomic mass is 10.1. The molecule has 0 unspecified atom stereocenters. The largest absolute Gasteiger partial charge is 0.463 e. The number of nitrogens with zero attached hydrogens (tertiary/aromatic N) is 3. The van der Waals surface area contributed by atoms with Crippen LogP contribution in [0.3, 0.4) is 0 Å². The van der Waals surface area contributed by atoms with Crippen LogP contribution in [-0.4, -0.2) is 39.8 Å². The third-order valence-electron chi connectivity index (χ3n) is 4.71. The molecule has 0 spiro atoms. The van der Waals surface area contributed by atoms with Gasteiger partial charge in [0, 0.05) is 18.6 Å². The molecular weight excluding hydrogens is 330 g/mol. The Morgan fingerprint density at radius 3 is 3.04 bits per heavy atom. The first-order chi connectivity index (χ1) is 12.6. The summed E-state index contributed by atoms with van der Waals surface area (Å²) in [6.07, 6.45) is 5.39. The average molecular weight is 353 g/mol. The number of carbonyl (C=O) groups is 1. The summed E-state index contributed by atoms with van der Waals surface area (Å²) in [5, 5.41) is 11.7. The van der Waals surface area contributed by atoms with Crippen LogP contribution in [0.25, 0.3) is 22.5 Å². The second-order valence-electron chi connectivity index (χ2n) is 6.97. The Morgan fingerprint density at radius 1 is 1.46 bits per heavy atom. The molecule has 4 heterocycles. The van der Waals surface area contributed by atoms with E-state index in [9.17, 15) is 4.79 Å².